The number of nitrogen functional groups attached to an aromatic ring is 1. The van der Waals surface area contributed by atoms with Crippen LogP contribution in [0.4, 0.5) is 11.4 Å². The Morgan fingerprint density at radius 2 is 2.22 bits per heavy atom. The van der Waals surface area contributed by atoms with Gasteiger partial charge in [0.2, 0.25) is 0 Å². The summed E-state index contributed by atoms with van der Waals surface area (Å²) in [5, 5.41) is 0. The van der Waals surface area contributed by atoms with E-state index in [0.717, 1.165) is 31.8 Å². The van der Waals surface area contributed by atoms with Crippen molar-refractivity contribution in [3.63, 3.8) is 0 Å². The number of esters is 1. The molecule has 0 unspecified atom stereocenters. The zero-order chi connectivity index (χ0) is 13.0. The molecular formula is C13H18N2O3. The lowest BCUT2D eigenvalue weighted by Gasteiger charge is -2.22. The number of methoxy groups -OCH3 is 1. The monoisotopic (exact) mass is 250 g/mol. The summed E-state index contributed by atoms with van der Waals surface area (Å²) in [5.41, 5.74) is 7.62. The molecule has 1 aliphatic rings. The maximum Gasteiger partial charge on any atom is 0.340 e. The van der Waals surface area contributed by atoms with Gasteiger partial charge in [-0.3, -0.25) is 0 Å². The number of nitrogens with zero attached hydrogens (tertiary/aromatic N) is 1. The molecule has 1 heterocycles. The summed E-state index contributed by atoms with van der Waals surface area (Å²) in [6.45, 7) is 3.24. The molecule has 0 aliphatic carbocycles. The van der Waals surface area contributed by atoms with Crippen molar-refractivity contribution in [1.82, 2.24) is 0 Å². The normalized spacial score (nSPS) is 16.2. The Labute approximate surface area is 106 Å². The zero-order valence-electron chi connectivity index (χ0n) is 10.5. The van der Waals surface area contributed by atoms with Crippen molar-refractivity contribution in [1.29, 1.82) is 0 Å². The van der Waals surface area contributed by atoms with E-state index < -0.39 is 5.97 Å². The Hall–Kier alpha value is -1.75. The summed E-state index contributed by atoms with van der Waals surface area (Å²) in [4.78, 5) is 13.8. The highest BCUT2D eigenvalue weighted by Gasteiger charge is 2.15. The second-order valence-corrected chi connectivity index (χ2v) is 4.22. The maximum absolute atomic E-state index is 11.6. The SMILES string of the molecule is COC(=O)c1cc(N2CCCOCC2)ccc1N. The standard InChI is InChI=1S/C13H18N2O3/c1-17-13(16)11-9-10(3-4-12(11)14)15-5-2-7-18-8-6-15/h3-4,9H,2,5-8,14H2,1H3. The van der Waals surface area contributed by atoms with E-state index in [1.165, 1.54) is 7.11 Å². The maximum atomic E-state index is 11.6. The topological polar surface area (TPSA) is 64.8 Å². The molecule has 0 radical (unpaired) electrons. The van der Waals surface area contributed by atoms with Crippen LogP contribution in [0.2, 0.25) is 0 Å². The Kier molecular flexibility index (Phi) is 4.04. The number of ether oxygens (including phenoxy) is 2. The molecule has 0 spiro atoms. The third-order valence-electron chi connectivity index (χ3n) is 3.03. The van der Waals surface area contributed by atoms with Gasteiger partial charge in [0.05, 0.1) is 19.3 Å². The van der Waals surface area contributed by atoms with E-state index in [1.807, 2.05) is 6.07 Å². The van der Waals surface area contributed by atoms with Crippen LogP contribution in [0, 0.1) is 0 Å². The summed E-state index contributed by atoms with van der Waals surface area (Å²) in [6, 6.07) is 5.45. The summed E-state index contributed by atoms with van der Waals surface area (Å²) < 4.78 is 10.1. The van der Waals surface area contributed by atoms with Crippen LogP contribution in [0.15, 0.2) is 18.2 Å². The average Bonchev–Trinajstić information content (AvgIpc) is 2.67. The first-order chi connectivity index (χ1) is 8.72. The third-order valence-corrected chi connectivity index (χ3v) is 3.03. The molecule has 0 bridgehead atoms. The van der Waals surface area contributed by atoms with E-state index in [-0.39, 0.29) is 0 Å². The molecule has 2 N–H and O–H groups in total. The number of carbonyl (C=O) groups excluding carboxylic acids is 1. The fraction of sp³-hybridized carbons (Fsp3) is 0.462. The van der Waals surface area contributed by atoms with Crippen LogP contribution in [0.1, 0.15) is 16.8 Å². The van der Waals surface area contributed by atoms with Crippen molar-refractivity contribution < 1.29 is 14.3 Å². The van der Waals surface area contributed by atoms with Crippen molar-refractivity contribution in [2.45, 2.75) is 6.42 Å². The van der Waals surface area contributed by atoms with Gasteiger partial charge >= 0.3 is 5.97 Å². The van der Waals surface area contributed by atoms with Crippen LogP contribution in [0.25, 0.3) is 0 Å². The molecule has 98 valence electrons. The van der Waals surface area contributed by atoms with E-state index in [0.29, 0.717) is 17.9 Å². The van der Waals surface area contributed by atoms with Crippen LogP contribution in [0.5, 0.6) is 0 Å². The lowest BCUT2D eigenvalue weighted by Crippen LogP contribution is -2.26. The minimum absolute atomic E-state index is 0.402. The molecule has 1 aromatic carbocycles. The van der Waals surface area contributed by atoms with Gasteiger partial charge in [-0.05, 0) is 24.6 Å². The number of anilines is 2. The first-order valence-electron chi connectivity index (χ1n) is 6.03. The minimum atomic E-state index is -0.402. The molecule has 0 amide bonds. The molecule has 1 aliphatic heterocycles. The number of hydrogen-bond donors (Lipinski definition) is 1. The van der Waals surface area contributed by atoms with Crippen LogP contribution in [-0.2, 0) is 9.47 Å². The number of benzene rings is 1. The molecule has 1 fully saturated rings. The highest BCUT2D eigenvalue weighted by Crippen LogP contribution is 2.22. The van der Waals surface area contributed by atoms with Crippen LogP contribution >= 0.6 is 0 Å². The van der Waals surface area contributed by atoms with Gasteiger partial charge < -0.3 is 20.1 Å². The second-order valence-electron chi connectivity index (χ2n) is 4.22. The minimum Gasteiger partial charge on any atom is -0.465 e. The third kappa shape index (κ3) is 2.73. The predicted molar refractivity (Wildman–Crippen MR) is 69.8 cm³/mol. The molecule has 5 nitrogen and oxygen atoms in total. The van der Waals surface area contributed by atoms with Gasteiger partial charge in [0.25, 0.3) is 0 Å². The van der Waals surface area contributed by atoms with Gasteiger partial charge in [-0.1, -0.05) is 0 Å². The van der Waals surface area contributed by atoms with Crippen LogP contribution < -0.4 is 10.6 Å². The summed E-state index contributed by atoms with van der Waals surface area (Å²) in [6.07, 6.45) is 0.984. The van der Waals surface area contributed by atoms with E-state index in [4.69, 9.17) is 15.2 Å². The van der Waals surface area contributed by atoms with Gasteiger partial charge in [0.1, 0.15) is 0 Å². The largest absolute Gasteiger partial charge is 0.465 e. The van der Waals surface area contributed by atoms with E-state index >= 15 is 0 Å². The average molecular weight is 250 g/mol. The van der Waals surface area contributed by atoms with Crippen molar-refractivity contribution in [3.8, 4) is 0 Å². The predicted octanol–water partition coefficient (Wildman–Crippen LogP) is 1.28. The highest BCUT2D eigenvalue weighted by atomic mass is 16.5. The Morgan fingerprint density at radius 1 is 1.39 bits per heavy atom. The molecule has 5 heteroatoms. The van der Waals surface area contributed by atoms with Crippen molar-refractivity contribution in [3.05, 3.63) is 23.8 Å². The Balaban J connectivity index is 2.25. The smallest absolute Gasteiger partial charge is 0.340 e. The van der Waals surface area contributed by atoms with Gasteiger partial charge in [-0.25, -0.2) is 4.79 Å². The van der Waals surface area contributed by atoms with Crippen LogP contribution in [-0.4, -0.2) is 39.4 Å². The molecular weight excluding hydrogens is 232 g/mol. The fourth-order valence-corrected chi connectivity index (χ4v) is 2.03. The summed E-state index contributed by atoms with van der Waals surface area (Å²) >= 11 is 0. The molecule has 2 rings (SSSR count). The Morgan fingerprint density at radius 3 is 3.00 bits per heavy atom. The first-order valence-corrected chi connectivity index (χ1v) is 6.03. The number of carbonyl (C=O) groups is 1. The molecule has 18 heavy (non-hydrogen) atoms. The quantitative estimate of drug-likeness (QED) is 0.632. The number of nitrogens with two attached hydrogens (primary N) is 1. The fourth-order valence-electron chi connectivity index (χ4n) is 2.03. The van der Waals surface area contributed by atoms with Gasteiger partial charge in [-0.2, -0.15) is 0 Å². The molecule has 1 aromatic rings. The van der Waals surface area contributed by atoms with Gasteiger partial charge in [-0.15, -0.1) is 0 Å². The van der Waals surface area contributed by atoms with Crippen molar-refractivity contribution >= 4 is 17.3 Å². The second kappa shape index (κ2) is 5.73. The van der Waals surface area contributed by atoms with Crippen LogP contribution in [0.3, 0.4) is 0 Å². The van der Waals surface area contributed by atoms with Gasteiger partial charge in [0, 0.05) is 31.1 Å². The molecule has 0 saturated carbocycles. The van der Waals surface area contributed by atoms with Crippen molar-refractivity contribution in [2.75, 3.05) is 44.0 Å². The van der Waals surface area contributed by atoms with Crippen molar-refractivity contribution in [2.24, 2.45) is 0 Å². The van der Waals surface area contributed by atoms with E-state index in [2.05, 4.69) is 4.90 Å². The lowest BCUT2D eigenvalue weighted by molar-refractivity contribution is 0.0602. The zero-order valence-corrected chi connectivity index (χ0v) is 10.5. The lowest BCUT2D eigenvalue weighted by atomic mass is 10.1. The first kappa shape index (κ1) is 12.7. The van der Waals surface area contributed by atoms with E-state index in [9.17, 15) is 4.79 Å². The van der Waals surface area contributed by atoms with E-state index in [1.54, 1.807) is 12.1 Å². The Bertz CT molecular complexity index is 426. The summed E-state index contributed by atoms with van der Waals surface area (Å²) in [5.74, 6) is -0.402. The summed E-state index contributed by atoms with van der Waals surface area (Å²) in [7, 11) is 1.36. The van der Waals surface area contributed by atoms with Gasteiger partial charge in [0.15, 0.2) is 0 Å². The number of hydrogen-bond acceptors (Lipinski definition) is 5. The number of rotatable bonds is 2. The molecule has 1 saturated heterocycles. The molecule has 0 atom stereocenters. The molecule has 0 aromatic heterocycles. The highest BCUT2D eigenvalue weighted by molar-refractivity contribution is 5.96.